The van der Waals surface area contributed by atoms with Crippen LogP contribution in [0.4, 0.5) is 18.9 Å². The number of halogens is 4. The number of hydrogen-bond donors (Lipinski definition) is 0. The number of benzene rings is 1. The summed E-state index contributed by atoms with van der Waals surface area (Å²) in [4.78, 5) is 23.1. The van der Waals surface area contributed by atoms with Crippen LogP contribution < -0.4 is 4.90 Å². The summed E-state index contributed by atoms with van der Waals surface area (Å²) in [7, 11) is 0. The molecule has 1 rings (SSSR count). The molecule has 0 aliphatic carbocycles. The minimum absolute atomic E-state index is 0.0514. The van der Waals surface area contributed by atoms with E-state index in [1.807, 2.05) is 0 Å². The van der Waals surface area contributed by atoms with Gasteiger partial charge in [0.15, 0.2) is 0 Å². The summed E-state index contributed by atoms with van der Waals surface area (Å²) in [5.74, 6) is -2.24. The summed E-state index contributed by atoms with van der Waals surface area (Å²) in [6.45, 7) is -0.299. The zero-order valence-electron chi connectivity index (χ0n) is 9.78. The topological polar surface area (TPSA) is 37.4 Å². The molecule has 104 valence electrons. The normalized spacial score (nSPS) is 11.2. The fourth-order valence-corrected chi connectivity index (χ4v) is 1.69. The lowest BCUT2D eigenvalue weighted by Gasteiger charge is -2.23. The van der Waals surface area contributed by atoms with E-state index >= 15 is 0 Å². The van der Waals surface area contributed by atoms with Gasteiger partial charge in [0.2, 0.25) is 0 Å². The highest BCUT2D eigenvalue weighted by molar-refractivity contribution is 9.09. The van der Waals surface area contributed by atoms with E-state index in [-0.39, 0.29) is 29.8 Å². The largest absolute Gasteiger partial charge is 0.471 e. The zero-order valence-corrected chi connectivity index (χ0v) is 11.4. The first-order valence-corrected chi connectivity index (χ1v) is 6.50. The molecule has 0 saturated heterocycles. The second-order valence-corrected chi connectivity index (χ2v) is 4.27. The predicted molar refractivity (Wildman–Crippen MR) is 68.3 cm³/mol. The Morgan fingerprint density at radius 1 is 1.16 bits per heavy atom. The van der Waals surface area contributed by atoms with Crippen LogP contribution in [0.3, 0.4) is 0 Å². The van der Waals surface area contributed by atoms with Crippen LogP contribution in [-0.4, -0.2) is 29.7 Å². The second kappa shape index (κ2) is 6.70. The quantitative estimate of drug-likeness (QED) is 0.774. The molecule has 7 heteroatoms. The van der Waals surface area contributed by atoms with E-state index in [0.29, 0.717) is 4.90 Å². The monoisotopic (exact) mass is 337 g/mol. The molecule has 0 aliphatic heterocycles. The number of Topliss-reactive ketones (excluding diaryl/α,β-unsaturated/α-hetero) is 1. The summed E-state index contributed by atoms with van der Waals surface area (Å²) >= 11 is 2.92. The highest BCUT2D eigenvalue weighted by Gasteiger charge is 2.42. The van der Waals surface area contributed by atoms with Crippen molar-refractivity contribution in [2.75, 3.05) is 16.8 Å². The molecule has 0 fully saturated rings. The molecule has 1 aromatic rings. The van der Waals surface area contributed by atoms with Crippen LogP contribution >= 0.6 is 15.9 Å². The molecule has 0 N–H and O–H groups in total. The van der Waals surface area contributed by atoms with E-state index in [2.05, 4.69) is 15.9 Å². The fraction of sp³-hybridized carbons (Fsp3) is 0.333. The number of ketones is 1. The third-order valence-corrected chi connectivity index (χ3v) is 2.94. The molecule has 19 heavy (non-hydrogen) atoms. The smallest absolute Gasteiger partial charge is 0.304 e. The molecule has 0 atom stereocenters. The van der Waals surface area contributed by atoms with Crippen LogP contribution in [-0.2, 0) is 9.59 Å². The number of anilines is 1. The standard InChI is InChI=1S/C12H11BrF3NO2/c13-8-10(18)6-7-17(11(19)12(14,15)16)9-4-2-1-3-5-9/h1-5H,6-8H2. The van der Waals surface area contributed by atoms with Crippen LogP contribution in [0.15, 0.2) is 30.3 Å². The summed E-state index contributed by atoms with van der Waals surface area (Å²) < 4.78 is 37.5. The highest BCUT2D eigenvalue weighted by Crippen LogP contribution is 2.23. The molecule has 1 amide bonds. The Balaban J connectivity index is 2.92. The Hall–Kier alpha value is -1.37. The minimum atomic E-state index is -4.96. The van der Waals surface area contributed by atoms with Gasteiger partial charge >= 0.3 is 12.1 Å². The molecule has 0 radical (unpaired) electrons. The van der Waals surface area contributed by atoms with Crippen LogP contribution in [0.2, 0.25) is 0 Å². The van der Waals surface area contributed by atoms with Crippen molar-refractivity contribution < 1.29 is 22.8 Å². The Labute approximate surface area is 116 Å². The second-order valence-electron chi connectivity index (χ2n) is 3.71. The molecule has 0 spiro atoms. The van der Waals surface area contributed by atoms with Gasteiger partial charge in [-0.25, -0.2) is 0 Å². The maximum atomic E-state index is 12.5. The lowest BCUT2D eigenvalue weighted by Crippen LogP contribution is -2.42. The number of carbonyl (C=O) groups excluding carboxylic acids is 2. The average Bonchev–Trinajstić information content (AvgIpc) is 2.38. The molecule has 0 aliphatic rings. The first-order valence-electron chi connectivity index (χ1n) is 5.37. The van der Waals surface area contributed by atoms with E-state index < -0.39 is 12.1 Å². The van der Waals surface area contributed by atoms with Gasteiger partial charge < -0.3 is 4.90 Å². The van der Waals surface area contributed by atoms with Crippen molar-refractivity contribution in [3.05, 3.63) is 30.3 Å². The lowest BCUT2D eigenvalue weighted by molar-refractivity contribution is -0.170. The van der Waals surface area contributed by atoms with E-state index in [0.717, 1.165) is 0 Å². The molecule has 0 unspecified atom stereocenters. The van der Waals surface area contributed by atoms with Gasteiger partial charge in [-0.05, 0) is 12.1 Å². The molecular formula is C12H11BrF3NO2. The van der Waals surface area contributed by atoms with Crippen molar-refractivity contribution in [1.82, 2.24) is 0 Å². The average molecular weight is 338 g/mol. The number of para-hydroxylation sites is 1. The van der Waals surface area contributed by atoms with E-state index in [1.54, 1.807) is 6.07 Å². The predicted octanol–water partition coefficient (Wildman–Crippen LogP) is 2.94. The number of carbonyl (C=O) groups is 2. The minimum Gasteiger partial charge on any atom is -0.304 e. The molecule has 0 aromatic heterocycles. The molecule has 1 aromatic carbocycles. The molecule has 3 nitrogen and oxygen atoms in total. The maximum Gasteiger partial charge on any atom is 0.471 e. The van der Waals surface area contributed by atoms with E-state index in [9.17, 15) is 22.8 Å². The molecular weight excluding hydrogens is 327 g/mol. The summed E-state index contributed by atoms with van der Waals surface area (Å²) in [5, 5.41) is 0.0514. The number of alkyl halides is 4. The number of rotatable bonds is 5. The van der Waals surface area contributed by atoms with Crippen molar-refractivity contribution in [2.45, 2.75) is 12.6 Å². The van der Waals surface area contributed by atoms with Crippen molar-refractivity contribution in [3.8, 4) is 0 Å². The third-order valence-electron chi connectivity index (χ3n) is 2.32. The Bertz CT molecular complexity index is 448. The molecule has 0 heterocycles. The first kappa shape index (κ1) is 15.7. The molecule has 0 bridgehead atoms. The summed E-state index contributed by atoms with van der Waals surface area (Å²) in [6.07, 6.45) is -5.10. The lowest BCUT2D eigenvalue weighted by atomic mass is 10.2. The van der Waals surface area contributed by atoms with E-state index in [4.69, 9.17) is 0 Å². The number of amides is 1. The summed E-state index contributed by atoms with van der Waals surface area (Å²) in [6, 6.07) is 7.46. The molecule has 0 saturated carbocycles. The van der Waals surface area contributed by atoms with Crippen LogP contribution in [0, 0.1) is 0 Å². The Morgan fingerprint density at radius 3 is 2.21 bits per heavy atom. The van der Waals surface area contributed by atoms with Gasteiger partial charge in [0.1, 0.15) is 5.78 Å². The maximum absolute atomic E-state index is 12.5. The van der Waals surface area contributed by atoms with Crippen molar-refractivity contribution in [3.63, 3.8) is 0 Å². The first-order chi connectivity index (χ1) is 8.86. The van der Waals surface area contributed by atoms with Crippen LogP contribution in [0.25, 0.3) is 0 Å². The fourth-order valence-electron chi connectivity index (χ4n) is 1.41. The van der Waals surface area contributed by atoms with E-state index in [1.165, 1.54) is 24.3 Å². The van der Waals surface area contributed by atoms with Gasteiger partial charge in [-0.1, -0.05) is 34.1 Å². The third kappa shape index (κ3) is 4.66. The van der Waals surface area contributed by atoms with Crippen molar-refractivity contribution >= 4 is 33.3 Å². The Morgan fingerprint density at radius 2 is 1.74 bits per heavy atom. The van der Waals surface area contributed by atoms with Gasteiger partial charge in [-0.3, -0.25) is 9.59 Å². The van der Waals surface area contributed by atoms with Crippen LogP contribution in [0.1, 0.15) is 6.42 Å². The van der Waals surface area contributed by atoms with Crippen molar-refractivity contribution in [2.24, 2.45) is 0 Å². The van der Waals surface area contributed by atoms with Gasteiger partial charge in [0.25, 0.3) is 0 Å². The van der Waals surface area contributed by atoms with Gasteiger partial charge in [0, 0.05) is 18.7 Å². The Kier molecular flexibility index (Phi) is 5.53. The SMILES string of the molecule is O=C(CBr)CCN(C(=O)C(F)(F)F)c1ccccc1. The van der Waals surface area contributed by atoms with Gasteiger partial charge in [0.05, 0.1) is 5.33 Å². The number of hydrogen-bond acceptors (Lipinski definition) is 2. The van der Waals surface area contributed by atoms with Crippen molar-refractivity contribution in [1.29, 1.82) is 0 Å². The number of nitrogens with zero attached hydrogens (tertiary/aromatic N) is 1. The van der Waals surface area contributed by atoms with Gasteiger partial charge in [-0.15, -0.1) is 0 Å². The highest BCUT2D eigenvalue weighted by atomic mass is 79.9. The van der Waals surface area contributed by atoms with Gasteiger partial charge in [-0.2, -0.15) is 13.2 Å². The van der Waals surface area contributed by atoms with Crippen LogP contribution in [0.5, 0.6) is 0 Å². The zero-order chi connectivity index (χ0) is 14.5. The summed E-state index contributed by atoms with van der Waals surface area (Å²) in [5.41, 5.74) is 0.118.